The summed E-state index contributed by atoms with van der Waals surface area (Å²) in [5.41, 5.74) is 2.34. The van der Waals surface area contributed by atoms with Crippen LogP contribution in [0.3, 0.4) is 0 Å². The molecule has 2 N–H and O–H groups in total. The predicted octanol–water partition coefficient (Wildman–Crippen LogP) is 3.02. The van der Waals surface area contributed by atoms with Gasteiger partial charge in [-0.1, -0.05) is 36.4 Å². The number of rotatable bonds is 9. The van der Waals surface area contributed by atoms with E-state index in [1.807, 2.05) is 18.2 Å². The monoisotopic (exact) mass is 340 g/mol. The number of hydrogen-bond acceptors (Lipinski definition) is 4. The summed E-state index contributed by atoms with van der Waals surface area (Å²) in [5.74, 6) is -0.506. The van der Waals surface area contributed by atoms with Crippen LogP contribution in [0.25, 0.3) is 0 Å². The lowest BCUT2D eigenvalue weighted by Gasteiger charge is -2.08. The summed E-state index contributed by atoms with van der Waals surface area (Å²) < 4.78 is 4.67. The van der Waals surface area contributed by atoms with Crippen molar-refractivity contribution in [3.63, 3.8) is 0 Å². The zero-order valence-electron chi connectivity index (χ0n) is 14.5. The molecule has 132 valence electrons. The molecular formula is C20H24N2O3. The second-order valence-corrected chi connectivity index (χ2v) is 5.71. The number of ether oxygens (including phenoxy) is 1. The molecule has 0 aromatic heterocycles. The number of anilines is 1. The molecular weight excluding hydrogens is 316 g/mol. The van der Waals surface area contributed by atoms with E-state index in [0.717, 1.165) is 19.4 Å². The maximum absolute atomic E-state index is 12.0. The second kappa shape index (κ2) is 10.3. The van der Waals surface area contributed by atoms with Gasteiger partial charge < -0.3 is 15.4 Å². The number of hydrogen-bond donors (Lipinski definition) is 2. The van der Waals surface area contributed by atoms with E-state index in [4.69, 9.17) is 0 Å². The fourth-order valence-electron chi connectivity index (χ4n) is 2.45. The molecule has 0 saturated heterocycles. The first-order valence-electron chi connectivity index (χ1n) is 8.42. The van der Waals surface area contributed by atoms with E-state index in [1.54, 1.807) is 24.3 Å². The molecule has 2 aromatic carbocycles. The Kier molecular flexibility index (Phi) is 7.66. The minimum atomic E-state index is -0.420. The lowest BCUT2D eigenvalue weighted by Crippen LogP contribution is -2.23. The molecule has 25 heavy (non-hydrogen) atoms. The number of carbonyl (C=O) groups is 2. The van der Waals surface area contributed by atoms with Gasteiger partial charge in [0.15, 0.2) is 0 Å². The third kappa shape index (κ3) is 6.77. The Labute approximate surface area is 148 Å². The van der Waals surface area contributed by atoms with Crippen LogP contribution in [0.4, 0.5) is 5.69 Å². The highest BCUT2D eigenvalue weighted by atomic mass is 16.5. The molecule has 5 nitrogen and oxygen atoms in total. The van der Waals surface area contributed by atoms with Crippen molar-refractivity contribution in [2.45, 2.75) is 19.3 Å². The van der Waals surface area contributed by atoms with Crippen LogP contribution in [0.5, 0.6) is 0 Å². The molecule has 0 unspecified atom stereocenters. The van der Waals surface area contributed by atoms with Crippen molar-refractivity contribution < 1.29 is 14.3 Å². The molecule has 0 aliphatic carbocycles. The van der Waals surface area contributed by atoms with E-state index in [0.29, 0.717) is 24.2 Å². The molecule has 0 atom stereocenters. The number of aryl methyl sites for hydroxylation is 1. The zero-order valence-corrected chi connectivity index (χ0v) is 14.5. The van der Waals surface area contributed by atoms with Gasteiger partial charge in [0.05, 0.1) is 12.7 Å². The molecule has 5 heteroatoms. The first-order chi connectivity index (χ1) is 12.2. The van der Waals surface area contributed by atoms with Gasteiger partial charge >= 0.3 is 5.97 Å². The molecule has 0 aliphatic rings. The van der Waals surface area contributed by atoms with Crippen LogP contribution in [-0.4, -0.2) is 32.1 Å². The summed E-state index contributed by atoms with van der Waals surface area (Å²) in [5, 5.41) is 6.07. The van der Waals surface area contributed by atoms with Gasteiger partial charge in [0.2, 0.25) is 5.91 Å². The van der Waals surface area contributed by atoms with Gasteiger partial charge in [0.1, 0.15) is 0 Å². The predicted molar refractivity (Wildman–Crippen MR) is 98.7 cm³/mol. The Hall–Kier alpha value is -2.66. The number of esters is 1. The maximum Gasteiger partial charge on any atom is 0.337 e. The van der Waals surface area contributed by atoms with Crippen molar-refractivity contribution in [1.29, 1.82) is 0 Å². The second-order valence-electron chi connectivity index (χ2n) is 5.71. The number of amides is 1. The van der Waals surface area contributed by atoms with Crippen molar-refractivity contribution in [2.75, 3.05) is 25.5 Å². The lowest BCUT2D eigenvalue weighted by molar-refractivity contribution is -0.116. The van der Waals surface area contributed by atoms with Crippen molar-refractivity contribution in [2.24, 2.45) is 0 Å². The highest BCUT2D eigenvalue weighted by Gasteiger charge is 2.07. The maximum atomic E-state index is 12.0. The fraction of sp³-hybridized carbons (Fsp3) is 0.300. The average Bonchev–Trinajstić information content (AvgIpc) is 2.65. The minimum absolute atomic E-state index is 0.0856. The van der Waals surface area contributed by atoms with Crippen molar-refractivity contribution >= 4 is 17.6 Å². The fourth-order valence-corrected chi connectivity index (χ4v) is 2.45. The Balaban J connectivity index is 1.63. The molecule has 0 radical (unpaired) electrons. The highest BCUT2D eigenvalue weighted by molar-refractivity contribution is 5.94. The molecule has 0 spiro atoms. The molecule has 0 bridgehead atoms. The van der Waals surface area contributed by atoms with E-state index < -0.39 is 5.97 Å². The van der Waals surface area contributed by atoms with Gasteiger partial charge in [-0.25, -0.2) is 4.79 Å². The van der Waals surface area contributed by atoms with Crippen molar-refractivity contribution in [1.82, 2.24) is 5.32 Å². The van der Waals surface area contributed by atoms with Crippen LogP contribution in [0.2, 0.25) is 0 Å². The van der Waals surface area contributed by atoms with E-state index in [1.165, 1.54) is 12.7 Å². The van der Waals surface area contributed by atoms with Crippen LogP contribution in [0.1, 0.15) is 28.8 Å². The first kappa shape index (κ1) is 18.7. The van der Waals surface area contributed by atoms with E-state index in [2.05, 4.69) is 27.5 Å². The zero-order chi connectivity index (χ0) is 17.9. The van der Waals surface area contributed by atoms with Gasteiger partial charge in [-0.15, -0.1) is 0 Å². The van der Waals surface area contributed by atoms with Crippen molar-refractivity contribution in [3.05, 3.63) is 65.7 Å². The van der Waals surface area contributed by atoms with Crippen LogP contribution in [0.15, 0.2) is 54.6 Å². The van der Waals surface area contributed by atoms with E-state index in [-0.39, 0.29) is 5.91 Å². The largest absolute Gasteiger partial charge is 0.465 e. The molecule has 0 heterocycles. The first-order valence-corrected chi connectivity index (χ1v) is 8.42. The van der Waals surface area contributed by atoms with E-state index in [9.17, 15) is 9.59 Å². The number of methoxy groups -OCH3 is 1. The summed E-state index contributed by atoms with van der Waals surface area (Å²) in [7, 11) is 1.33. The normalized spacial score (nSPS) is 10.3. The third-order valence-electron chi connectivity index (χ3n) is 3.76. The molecule has 0 saturated carbocycles. The quantitative estimate of drug-likeness (QED) is 0.544. The summed E-state index contributed by atoms with van der Waals surface area (Å²) >= 11 is 0. The Bertz CT molecular complexity index is 686. The average molecular weight is 340 g/mol. The number of carbonyl (C=O) groups excluding carboxylic acids is 2. The van der Waals surface area contributed by atoms with Crippen LogP contribution in [-0.2, 0) is 16.0 Å². The Morgan fingerprint density at radius 3 is 2.56 bits per heavy atom. The molecule has 0 aliphatic heterocycles. The van der Waals surface area contributed by atoms with Gasteiger partial charge in [-0.3, -0.25) is 4.79 Å². The van der Waals surface area contributed by atoms with E-state index >= 15 is 0 Å². The Morgan fingerprint density at radius 2 is 1.80 bits per heavy atom. The Morgan fingerprint density at radius 1 is 1.00 bits per heavy atom. The van der Waals surface area contributed by atoms with Crippen LogP contribution < -0.4 is 10.6 Å². The van der Waals surface area contributed by atoms with Gasteiger partial charge in [-0.05, 0) is 43.1 Å². The molecule has 2 rings (SSSR count). The van der Waals surface area contributed by atoms with Crippen molar-refractivity contribution in [3.8, 4) is 0 Å². The summed E-state index contributed by atoms with van der Waals surface area (Å²) in [6, 6.07) is 17.1. The van der Waals surface area contributed by atoms with Crippen LogP contribution in [0, 0.1) is 0 Å². The number of nitrogens with one attached hydrogen (secondary N) is 2. The van der Waals surface area contributed by atoms with Gasteiger partial charge in [0.25, 0.3) is 0 Å². The van der Waals surface area contributed by atoms with Gasteiger partial charge in [0, 0.05) is 18.7 Å². The standard InChI is InChI=1S/C20H24N2O3/c1-25-20(24)17-10-5-11-18(15-17)22-19(23)12-14-21-13-6-9-16-7-3-2-4-8-16/h2-5,7-8,10-11,15,21H,6,9,12-14H2,1H3,(H,22,23). The van der Waals surface area contributed by atoms with Crippen LogP contribution >= 0.6 is 0 Å². The summed E-state index contributed by atoms with van der Waals surface area (Å²) in [6.07, 6.45) is 2.45. The highest BCUT2D eigenvalue weighted by Crippen LogP contribution is 2.11. The van der Waals surface area contributed by atoms with Gasteiger partial charge in [-0.2, -0.15) is 0 Å². The summed E-state index contributed by atoms with van der Waals surface area (Å²) in [4.78, 5) is 23.4. The minimum Gasteiger partial charge on any atom is -0.465 e. The number of benzene rings is 2. The molecule has 2 aromatic rings. The third-order valence-corrected chi connectivity index (χ3v) is 3.76. The lowest BCUT2D eigenvalue weighted by atomic mass is 10.1. The molecule has 1 amide bonds. The SMILES string of the molecule is COC(=O)c1cccc(NC(=O)CCNCCCc2ccccc2)c1. The summed E-state index contributed by atoms with van der Waals surface area (Å²) in [6.45, 7) is 1.50. The topological polar surface area (TPSA) is 67.4 Å². The smallest absolute Gasteiger partial charge is 0.337 e. The molecule has 0 fully saturated rings.